The van der Waals surface area contributed by atoms with E-state index in [2.05, 4.69) is 15.2 Å². The highest BCUT2D eigenvalue weighted by atomic mass is 16.6. The molecule has 10 nitrogen and oxygen atoms in total. The predicted molar refractivity (Wildman–Crippen MR) is 61.2 cm³/mol. The van der Waals surface area contributed by atoms with Gasteiger partial charge < -0.3 is 14.9 Å². The highest BCUT2D eigenvalue weighted by Crippen LogP contribution is 2.20. The summed E-state index contributed by atoms with van der Waals surface area (Å²) >= 11 is 0. The molecule has 1 aromatic carbocycles. The van der Waals surface area contributed by atoms with Gasteiger partial charge in [-0.25, -0.2) is 4.79 Å². The average molecular weight is 278 g/mol. The number of aromatic hydroxyl groups is 2. The Labute approximate surface area is 110 Å². The van der Waals surface area contributed by atoms with Crippen molar-refractivity contribution in [2.45, 2.75) is 0 Å². The molecule has 2 rings (SSSR count). The lowest BCUT2D eigenvalue weighted by Gasteiger charge is -2.03. The van der Waals surface area contributed by atoms with Gasteiger partial charge in [-0.05, 0) is 12.1 Å². The number of ether oxygens (including phenoxy) is 1. The molecule has 0 amide bonds. The molecule has 0 aliphatic rings. The summed E-state index contributed by atoms with van der Waals surface area (Å²) in [7, 11) is 0. The zero-order valence-corrected chi connectivity index (χ0v) is 9.63. The second-order valence-electron chi connectivity index (χ2n) is 3.42. The van der Waals surface area contributed by atoms with E-state index in [4.69, 9.17) is 9.84 Å². The average Bonchev–Trinajstić information content (AvgIpc) is 2.39. The van der Waals surface area contributed by atoms with Crippen LogP contribution >= 0.6 is 0 Å². The van der Waals surface area contributed by atoms with E-state index in [1.807, 2.05) is 0 Å². The molecule has 0 fully saturated rings. The van der Waals surface area contributed by atoms with Gasteiger partial charge in [0.05, 0.1) is 4.92 Å². The summed E-state index contributed by atoms with van der Waals surface area (Å²) in [5.41, 5.74) is -0.764. The minimum Gasteiger partial charge on any atom is -0.491 e. The normalized spacial score (nSPS) is 10.0. The Morgan fingerprint density at radius 2 is 1.85 bits per heavy atom. The Morgan fingerprint density at radius 1 is 1.20 bits per heavy atom. The number of aromatic nitrogens is 3. The molecule has 2 N–H and O–H groups in total. The number of nitro benzene ring substituents is 1. The minimum atomic E-state index is -1.07. The molecule has 0 bridgehead atoms. The van der Waals surface area contributed by atoms with Crippen molar-refractivity contribution in [1.82, 2.24) is 15.2 Å². The zero-order valence-electron chi connectivity index (χ0n) is 9.63. The standard InChI is InChI=1S/C10H6N4O6/c15-8-7(12-13-10(17)11-8)9(16)20-6-3-1-5(2-4-6)14(18)19/h1-4H,(H2,11,13,15,17). The van der Waals surface area contributed by atoms with Crippen LogP contribution in [-0.4, -0.2) is 36.3 Å². The molecule has 0 aliphatic heterocycles. The van der Waals surface area contributed by atoms with Crippen molar-refractivity contribution in [3.8, 4) is 17.6 Å². The van der Waals surface area contributed by atoms with Crippen LogP contribution in [0.3, 0.4) is 0 Å². The summed E-state index contributed by atoms with van der Waals surface area (Å²) in [5.74, 6) is -1.91. The molecule has 10 heteroatoms. The Kier molecular flexibility index (Phi) is 3.37. The van der Waals surface area contributed by atoms with Gasteiger partial charge in [0.1, 0.15) is 5.75 Å². The number of esters is 1. The van der Waals surface area contributed by atoms with Gasteiger partial charge in [-0.15, -0.1) is 5.10 Å². The Balaban J connectivity index is 2.17. The molecule has 1 heterocycles. The van der Waals surface area contributed by atoms with Gasteiger partial charge in [-0.1, -0.05) is 5.10 Å². The first kappa shape index (κ1) is 13.1. The summed E-state index contributed by atoms with van der Waals surface area (Å²) in [6, 6.07) is 3.89. The van der Waals surface area contributed by atoms with Crippen LogP contribution in [0.2, 0.25) is 0 Å². The lowest BCUT2D eigenvalue weighted by molar-refractivity contribution is -0.384. The third kappa shape index (κ3) is 2.75. The molecule has 0 unspecified atom stereocenters. The molecule has 0 radical (unpaired) electrons. The second-order valence-corrected chi connectivity index (χ2v) is 3.42. The molecular weight excluding hydrogens is 272 g/mol. The van der Waals surface area contributed by atoms with Gasteiger partial charge in [0, 0.05) is 12.1 Å². The molecule has 2 aromatic rings. The van der Waals surface area contributed by atoms with Crippen LogP contribution in [0, 0.1) is 10.1 Å². The Hall–Kier alpha value is -3.30. The van der Waals surface area contributed by atoms with Gasteiger partial charge in [0.2, 0.25) is 5.69 Å². The smallest absolute Gasteiger partial charge is 0.369 e. The van der Waals surface area contributed by atoms with Gasteiger partial charge in [-0.2, -0.15) is 4.98 Å². The minimum absolute atomic E-state index is 0.00914. The Morgan fingerprint density at radius 3 is 2.40 bits per heavy atom. The number of non-ortho nitro benzene ring substituents is 1. The molecule has 1 aromatic heterocycles. The number of benzene rings is 1. The maximum Gasteiger partial charge on any atom is 0.369 e. The molecule has 0 atom stereocenters. The molecule has 0 aliphatic carbocycles. The van der Waals surface area contributed by atoms with Crippen molar-refractivity contribution in [3.63, 3.8) is 0 Å². The molecular formula is C10H6N4O6. The number of carbonyl (C=O) groups excluding carboxylic acids is 1. The highest BCUT2D eigenvalue weighted by Gasteiger charge is 2.19. The summed E-state index contributed by atoms with van der Waals surface area (Å²) < 4.78 is 4.81. The predicted octanol–water partition coefficient (Wildman–Crippen LogP) is 0.410. The first-order valence-electron chi connectivity index (χ1n) is 5.06. The van der Waals surface area contributed by atoms with Crippen LogP contribution < -0.4 is 4.74 Å². The van der Waals surface area contributed by atoms with Crippen LogP contribution in [0.4, 0.5) is 5.69 Å². The van der Waals surface area contributed by atoms with Crippen LogP contribution in [0.15, 0.2) is 24.3 Å². The van der Waals surface area contributed by atoms with Gasteiger partial charge in [0.25, 0.3) is 11.6 Å². The fourth-order valence-electron chi connectivity index (χ4n) is 1.23. The van der Waals surface area contributed by atoms with E-state index in [1.54, 1.807) is 0 Å². The zero-order chi connectivity index (χ0) is 14.7. The first-order chi connectivity index (χ1) is 9.47. The molecule has 0 spiro atoms. The Bertz CT molecular complexity index is 672. The summed E-state index contributed by atoms with van der Waals surface area (Å²) in [6.07, 6.45) is 0. The number of carbonyl (C=O) groups is 1. The number of nitro groups is 1. The maximum absolute atomic E-state index is 11.6. The van der Waals surface area contributed by atoms with E-state index >= 15 is 0 Å². The van der Waals surface area contributed by atoms with Gasteiger partial charge in [0.15, 0.2) is 0 Å². The quantitative estimate of drug-likeness (QED) is 0.352. The molecule has 0 saturated carbocycles. The fraction of sp³-hybridized carbons (Fsp3) is 0. The van der Waals surface area contributed by atoms with E-state index in [9.17, 15) is 20.0 Å². The summed E-state index contributed by atoms with van der Waals surface area (Å²) in [6.45, 7) is 0. The monoisotopic (exact) mass is 278 g/mol. The fourth-order valence-corrected chi connectivity index (χ4v) is 1.23. The van der Waals surface area contributed by atoms with Crippen molar-refractivity contribution in [3.05, 3.63) is 40.1 Å². The first-order valence-corrected chi connectivity index (χ1v) is 5.06. The van der Waals surface area contributed by atoms with E-state index in [0.717, 1.165) is 12.1 Å². The van der Waals surface area contributed by atoms with Gasteiger partial charge >= 0.3 is 12.0 Å². The van der Waals surface area contributed by atoms with Crippen molar-refractivity contribution in [2.75, 3.05) is 0 Å². The second kappa shape index (κ2) is 5.14. The van der Waals surface area contributed by atoms with E-state index in [-0.39, 0.29) is 11.4 Å². The van der Waals surface area contributed by atoms with Crippen molar-refractivity contribution >= 4 is 11.7 Å². The summed E-state index contributed by atoms with van der Waals surface area (Å²) in [4.78, 5) is 24.6. The molecule has 0 saturated heterocycles. The number of rotatable bonds is 3. The van der Waals surface area contributed by atoms with Gasteiger partial charge in [-0.3, -0.25) is 10.1 Å². The lowest BCUT2D eigenvalue weighted by atomic mass is 10.3. The summed E-state index contributed by atoms with van der Waals surface area (Å²) in [5, 5.41) is 34.9. The highest BCUT2D eigenvalue weighted by molar-refractivity contribution is 5.90. The maximum atomic E-state index is 11.6. The third-order valence-electron chi connectivity index (χ3n) is 2.11. The topological polar surface area (TPSA) is 149 Å². The third-order valence-corrected chi connectivity index (χ3v) is 2.11. The molecule has 20 heavy (non-hydrogen) atoms. The van der Waals surface area contributed by atoms with E-state index in [1.165, 1.54) is 12.1 Å². The lowest BCUT2D eigenvalue weighted by Crippen LogP contribution is -2.12. The van der Waals surface area contributed by atoms with Crippen LogP contribution in [0.1, 0.15) is 10.5 Å². The largest absolute Gasteiger partial charge is 0.491 e. The SMILES string of the molecule is O=C(Oc1ccc([N+](=O)[O-])cc1)c1nnc(O)nc1O. The van der Waals surface area contributed by atoms with E-state index < -0.39 is 28.5 Å². The van der Waals surface area contributed by atoms with Crippen molar-refractivity contribution < 1.29 is 24.7 Å². The number of nitrogens with zero attached hydrogens (tertiary/aromatic N) is 4. The van der Waals surface area contributed by atoms with Crippen molar-refractivity contribution in [2.24, 2.45) is 0 Å². The number of hydrogen-bond donors (Lipinski definition) is 2. The van der Waals surface area contributed by atoms with Crippen LogP contribution in [-0.2, 0) is 0 Å². The van der Waals surface area contributed by atoms with E-state index in [0.29, 0.717) is 0 Å². The number of hydrogen-bond acceptors (Lipinski definition) is 9. The molecule has 102 valence electrons. The van der Waals surface area contributed by atoms with Crippen molar-refractivity contribution in [1.29, 1.82) is 0 Å². The van der Waals surface area contributed by atoms with Crippen LogP contribution in [0.25, 0.3) is 0 Å². The van der Waals surface area contributed by atoms with Crippen LogP contribution in [0.5, 0.6) is 17.6 Å².